The van der Waals surface area contributed by atoms with Gasteiger partial charge in [0, 0.05) is 29.0 Å². The van der Waals surface area contributed by atoms with Gasteiger partial charge < -0.3 is 10.6 Å². The number of nitrogens with zero attached hydrogens (tertiary/aromatic N) is 1. The Balaban J connectivity index is 2.13. The Morgan fingerprint density at radius 3 is 3.06 bits per heavy atom. The largest absolute Gasteiger partial charge is 0.357 e. The van der Waals surface area contributed by atoms with Gasteiger partial charge >= 0.3 is 0 Å². The average Bonchev–Trinajstić information content (AvgIpc) is 2.26. The maximum Gasteiger partial charge on any atom is 0.247 e. The fraction of sp³-hybridized carbons (Fsp3) is 0.400. The van der Waals surface area contributed by atoms with Gasteiger partial charge in [-0.2, -0.15) is 0 Å². The molecule has 92 valence electrons. The van der Waals surface area contributed by atoms with Gasteiger partial charge in [0.2, 0.25) is 5.91 Å². The number of hydrogen-bond donors (Lipinski definition) is 2. The van der Waals surface area contributed by atoms with Crippen LogP contribution in [0.1, 0.15) is 6.42 Å². The molecule has 2 rings (SSSR count). The van der Waals surface area contributed by atoms with Crippen LogP contribution >= 0.6 is 11.6 Å². The lowest BCUT2D eigenvalue weighted by Crippen LogP contribution is -2.40. The van der Waals surface area contributed by atoms with Crippen LogP contribution in [-0.2, 0) is 15.6 Å². The second-order valence-electron chi connectivity index (χ2n) is 3.80. The smallest absolute Gasteiger partial charge is 0.247 e. The minimum Gasteiger partial charge on any atom is -0.357 e. The fourth-order valence-electron chi connectivity index (χ4n) is 1.59. The zero-order valence-corrected chi connectivity index (χ0v) is 10.8. The molecule has 1 amide bonds. The van der Waals surface area contributed by atoms with E-state index in [-0.39, 0.29) is 11.9 Å². The quantitative estimate of drug-likeness (QED) is 0.869. The molecule has 17 heavy (non-hydrogen) atoms. The zero-order chi connectivity index (χ0) is 12.4. The van der Waals surface area contributed by atoms with E-state index in [1.807, 2.05) is 0 Å². The van der Waals surface area contributed by atoms with Gasteiger partial charge in [0.1, 0.15) is 6.04 Å². The van der Waals surface area contributed by atoms with Crippen molar-refractivity contribution in [3.05, 3.63) is 17.3 Å². The molecule has 0 radical (unpaired) electrons. The van der Waals surface area contributed by atoms with Gasteiger partial charge in [0.05, 0.1) is 10.7 Å². The minimum absolute atomic E-state index is 0.146. The molecule has 1 aliphatic heterocycles. The number of rotatable bonds is 3. The van der Waals surface area contributed by atoms with Gasteiger partial charge in [-0.25, -0.2) is 4.98 Å². The number of carbonyl (C=O) groups excluding carboxylic acids is 1. The fourth-order valence-corrected chi connectivity index (χ4v) is 2.31. The van der Waals surface area contributed by atoms with Crippen LogP contribution in [0, 0.1) is 0 Å². The molecule has 1 aliphatic rings. The van der Waals surface area contributed by atoms with E-state index in [9.17, 15) is 9.00 Å². The van der Waals surface area contributed by atoms with Gasteiger partial charge in [0.15, 0.2) is 5.82 Å². The Bertz CT molecular complexity index is 481. The van der Waals surface area contributed by atoms with Gasteiger partial charge in [-0.05, 0) is 12.5 Å². The highest BCUT2D eigenvalue weighted by molar-refractivity contribution is 7.84. The molecule has 5 nitrogen and oxygen atoms in total. The third kappa shape index (κ3) is 2.95. The van der Waals surface area contributed by atoms with Crippen molar-refractivity contribution in [3.8, 4) is 0 Å². The molecule has 0 saturated heterocycles. The van der Waals surface area contributed by atoms with Crippen LogP contribution in [0.4, 0.5) is 11.5 Å². The summed E-state index contributed by atoms with van der Waals surface area (Å²) in [6, 6.07) is 1.25. The summed E-state index contributed by atoms with van der Waals surface area (Å²) in [5.41, 5.74) is 0.580. The molecule has 1 aromatic rings. The van der Waals surface area contributed by atoms with Crippen LogP contribution < -0.4 is 10.6 Å². The molecule has 0 aliphatic carbocycles. The summed E-state index contributed by atoms with van der Waals surface area (Å²) >= 11 is 5.78. The van der Waals surface area contributed by atoms with E-state index in [1.165, 1.54) is 6.20 Å². The van der Waals surface area contributed by atoms with Crippen LogP contribution in [0.3, 0.4) is 0 Å². The molecule has 0 fully saturated rings. The Morgan fingerprint density at radius 2 is 2.35 bits per heavy atom. The Hall–Kier alpha value is -1.14. The molecule has 0 bridgehead atoms. The first-order valence-corrected chi connectivity index (χ1v) is 7.20. The van der Waals surface area contributed by atoms with Crippen LogP contribution in [-0.4, -0.2) is 33.2 Å². The first kappa shape index (κ1) is 12.3. The third-order valence-corrected chi connectivity index (χ3v) is 3.45. The maximum atomic E-state index is 11.7. The molecule has 2 heterocycles. The predicted molar refractivity (Wildman–Crippen MR) is 68.8 cm³/mol. The molecule has 7 heteroatoms. The van der Waals surface area contributed by atoms with Crippen LogP contribution in [0.25, 0.3) is 0 Å². The normalized spacial score (nSPS) is 20.1. The Morgan fingerprint density at radius 1 is 1.59 bits per heavy atom. The molecule has 2 atom stereocenters. The van der Waals surface area contributed by atoms with E-state index < -0.39 is 10.8 Å². The van der Waals surface area contributed by atoms with Crippen molar-refractivity contribution in [1.29, 1.82) is 0 Å². The number of pyridine rings is 1. The van der Waals surface area contributed by atoms with Crippen LogP contribution in [0.5, 0.6) is 0 Å². The van der Waals surface area contributed by atoms with E-state index in [0.717, 1.165) is 0 Å². The SMILES string of the molecule is CS(=O)CCC1Nc2ncc(Cl)cc2NC1=O. The van der Waals surface area contributed by atoms with E-state index in [0.29, 0.717) is 28.7 Å². The maximum absolute atomic E-state index is 11.7. The highest BCUT2D eigenvalue weighted by Crippen LogP contribution is 2.27. The number of aromatic nitrogens is 1. The number of carbonyl (C=O) groups is 1. The lowest BCUT2D eigenvalue weighted by atomic mass is 10.1. The molecular weight excluding hydrogens is 262 g/mol. The van der Waals surface area contributed by atoms with Crippen molar-refractivity contribution in [2.24, 2.45) is 0 Å². The Kier molecular flexibility index (Phi) is 3.63. The number of amides is 1. The van der Waals surface area contributed by atoms with E-state index in [1.54, 1.807) is 12.3 Å². The van der Waals surface area contributed by atoms with Crippen molar-refractivity contribution in [2.75, 3.05) is 22.6 Å². The second kappa shape index (κ2) is 5.01. The highest BCUT2D eigenvalue weighted by Gasteiger charge is 2.26. The molecule has 0 saturated carbocycles. The van der Waals surface area contributed by atoms with Crippen molar-refractivity contribution in [1.82, 2.24) is 4.98 Å². The summed E-state index contributed by atoms with van der Waals surface area (Å²) in [7, 11) is -0.905. The van der Waals surface area contributed by atoms with Gasteiger partial charge in [-0.15, -0.1) is 0 Å². The van der Waals surface area contributed by atoms with Gasteiger partial charge in [-0.3, -0.25) is 9.00 Å². The summed E-state index contributed by atoms with van der Waals surface area (Å²) in [4.78, 5) is 15.8. The zero-order valence-electron chi connectivity index (χ0n) is 9.20. The highest BCUT2D eigenvalue weighted by atomic mass is 35.5. The van der Waals surface area contributed by atoms with Crippen molar-refractivity contribution < 1.29 is 9.00 Å². The number of nitrogens with one attached hydrogen (secondary N) is 2. The summed E-state index contributed by atoms with van der Waals surface area (Å²) in [6.07, 6.45) is 3.64. The number of anilines is 2. The van der Waals surface area contributed by atoms with E-state index >= 15 is 0 Å². The second-order valence-corrected chi connectivity index (χ2v) is 5.79. The summed E-state index contributed by atoms with van der Waals surface area (Å²) < 4.78 is 11.0. The standard InChI is InChI=1S/C10H12ClN3O2S/c1-17(16)3-2-7-10(15)14-8-4-6(11)5-12-9(8)13-7/h4-5,7H,2-3H2,1H3,(H,12,13)(H,14,15). The summed E-state index contributed by atoms with van der Waals surface area (Å²) in [5.74, 6) is 0.932. The molecule has 0 aromatic carbocycles. The monoisotopic (exact) mass is 273 g/mol. The van der Waals surface area contributed by atoms with E-state index in [2.05, 4.69) is 15.6 Å². The molecule has 1 aromatic heterocycles. The van der Waals surface area contributed by atoms with Gasteiger partial charge in [0.25, 0.3) is 0 Å². The minimum atomic E-state index is -0.905. The lowest BCUT2D eigenvalue weighted by molar-refractivity contribution is -0.117. The molecule has 2 unspecified atom stereocenters. The summed E-state index contributed by atoms with van der Waals surface area (Å²) in [5, 5.41) is 6.21. The van der Waals surface area contributed by atoms with Crippen LogP contribution in [0.2, 0.25) is 5.02 Å². The third-order valence-electron chi connectivity index (χ3n) is 2.43. The van der Waals surface area contributed by atoms with Gasteiger partial charge in [-0.1, -0.05) is 11.6 Å². The van der Waals surface area contributed by atoms with Crippen molar-refractivity contribution in [3.63, 3.8) is 0 Å². The lowest BCUT2D eigenvalue weighted by Gasteiger charge is -2.25. The first-order valence-electron chi connectivity index (χ1n) is 5.09. The average molecular weight is 274 g/mol. The predicted octanol–water partition coefficient (Wildman–Crippen LogP) is 1.24. The molecule has 0 spiro atoms. The summed E-state index contributed by atoms with van der Waals surface area (Å²) in [6.45, 7) is 0. The van der Waals surface area contributed by atoms with Crippen LogP contribution in [0.15, 0.2) is 12.3 Å². The Labute approximate surface area is 106 Å². The molecule has 2 N–H and O–H groups in total. The topological polar surface area (TPSA) is 71.1 Å². The van der Waals surface area contributed by atoms with E-state index in [4.69, 9.17) is 11.6 Å². The number of fused-ring (bicyclic) bond motifs is 1. The van der Waals surface area contributed by atoms with Crippen molar-refractivity contribution >= 4 is 39.8 Å². The number of halogens is 1. The molecular formula is C10H12ClN3O2S. The first-order chi connectivity index (χ1) is 8.06. The number of hydrogen-bond acceptors (Lipinski definition) is 4. The van der Waals surface area contributed by atoms with Crippen molar-refractivity contribution in [2.45, 2.75) is 12.5 Å².